The fraction of sp³-hybridized carbons (Fsp3) is 0.500. The van der Waals surface area contributed by atoms with Gasteiger partial charge in [-0.25, -0.2) is 4.98 Å². The number of anilines is 1. The predicted molar refractivity (Wildman–Crippen MR) is 127 cm³/mol. The number of hydrogen-bond acceptors (Lipinski definition) is 4. The fourth-order valence-corrected chi connectivity index (χ4v) is 3.96. The summed E-state index contributed by atoms with van der Waals surface area (Å²) < 4.78 is 0. The number of aromatic nitrogens is 1. The molecule has 1 fully saturated rings. The lowest BCUT2D eigenvalue weighted by Gasteiger charge is -2.37. The van der Waals surface area contributed by atoms with Crippen LogP contribution in [0, 0.1) is 0 Å². The molecule has 0 amide bonds. The Balaban J connectivity index is 0.00000261. The zero-order valence-corrected chi connectivity index (χ0v) is 19.8. The number of halogens is 1. The fourth-order valence-electron chi connectivity index (χ4n) is 3.05. The molecule has 27 heavy (non-hydrogen) atoms. The lowest BCUT2D eigenvalue weighted by Crippen LogP contribution is -2.52. The van der Waals surface area contributed by atoms with E-state index in [1.165, 1.54) is 10.7 Å². The van der Waals surface area contributed by atoms with Crippen LogP contribution in [0.1, 0.15) is 31.5 Å². The van der Waals surface area contributed by atoms with Gasteiger partial charge in [0.1, 0.15) is 0 Å². The van der Waals surface area contributed by atoms with E-state index in [-0.39, 0.29) is 29.4 Å². The van der Waals surface area contributed by atoms with Gasteiger partial charge in [-0.15, -0.1) is 35.3 Å². The first kappa shape index (κ1) is 21.9. The Hall–Kier alpha value is -1.35. The number of nitrogens with zero attached hydrogens (tertiary/aromatic N) is 4. The highest BCUT2D eigenvalue weighted by Crippen LogP contribution is 2.25. The van der Waals surface area contributed by atoms with Crippen LogP contribution in [-0.2, 0) is 12.0 Å². The molecule has 0 atom stereocenters. The summed E-state index contributed by atoms with van der Waals surface area (Å²) in [4.78, 5) is 14.0. The van der Waals surface area contributed by atoms with Crippen LogP contribution < -0.4 is 10.2 Å². The molecule has 2 heterocycles. The van der Waals surface area contributed by atoms with Gasteiger partial charge in [0.05, 0.1) is 17.2 Å². The number of nitrogens with one attached hydrogen (secondary N) is 1. The molecule has 0 bridgehead atoms. The van der Waals surface area contributed by atoms with Crippen LogP contribution in [0.4, 0.5) is 5.69 Å². The van der Waals surface area contributed by atoms with E-state index in [9.17, 15) is 0 Å². The number of rotatable bonds is 3. The van der Waals surface area contributed by atoms with Crippen molar-refractivity contribution in [2.45, 2.75) is 32.7 Å². The van der Waals surface area contributed by atoms with E-state index in [0.717, 1.165) is 44.4 Å². The Kier molecular flexibility index (Phi) is 7.91. The zero-order valence-electron chi connectivity index (χ0n) is 16.6. The Labute approximate surface area is 183 Å². The second-order valence-corrected chi connectivity index (χ2v) is 8.46. The quantitative estimate of drug-likeness (QED) is 0.395. The second-order valence-electron chi connectivity index (χ2n) is 7.60. The van der Waals surface area contributed by atoms with Crippen molar-refractivity contribution in [2.24, 2.45) is 4.99 Å². The second kappa shape index (κ2) is 9.73. The standard InChI is InChI=1S/C20H29N5S.HI/c1-20(2,3)18-23-16(15-26-18)14-22-19(21-4)25-12-10-24(11-13-25)17-8-6-5-7-9-17;/h5-9,15H,10-14H2,1-4H3,(H,21,22);1H. The van der Waals surface area contributed by atoms with Gasteiger partial charge in [0.2, 0.25) is 0 Å². The molecule has 0 unspecified atom stereocenters. The molecular formula is C20H30IN5S. The lowest BCUT2D eigenvalue weighted by molar-refractivity contribution is 0.372. The Morgan fingerprint density at radius 3 is 2.37 bits per heavy atom. The van der Waals surface area contributed by atoms with Crippen molar-refractivity contribution in [1.82, 2.24) is 15.2 Å². The van der Waals surface area contributed by atoms with Gasteiger partial charge in [0.25, 0.3) is 0 Å². The van der Waals surface area contributed by atoms with Gasteiger partial charge in [-0.2, -0.15) is 0 Å². The molecular weight excluding hydrogens is 469 g/mol. The Morgan fingerprint density at radius 2 is 1.81 bits per heavy atom. The number of benzene rings is 1. The summed E-state index contributed by atoms with van der Waals surface area (Å²) >= 11 is 1.74. The molecule has 1 aromatic carbocycles. The number of aliphatic imine (C=N–C) groups is 1. The van der Waals surface area contributed by atoms with Crippen LogP contribution in [0.3, 0.4) is 0 Å². The highest BCUT2D eigenvalue weighted by atomic mass is 127. The number of hydrogen-bond donors (Lipinski definition) is 1. The molecule has 0 aliphatic carbocycles. The summed E-state index contributed by atoms with van der Waals surface area (Å²) in [7, 11) is 1.85. The third-order valence-electron chi connectivity index (χ3n) is 4.53. The minimum Gasteiger partial charge on any atom is -0.368 e. The summed E-state index contributed by atoms with van der Waals surface area (Å²) in [5.74, 6) is 0.961. The Morgan fingerprint density at radius 1 is 1.15 bits per heavy atom. The molecule has 0 radical (unpaired) electrons. The maximum absolute atomic E-state index is 4.76. The first-order chi connectivity index (χ1) is 12.5. The third-order valence-corrected chi connectivity index (χ3v) is 5.85. The smallest absolute Gasteiger partial charge is 0.194 e. The average Bonchev–Trinajstić information content (AvgIpc) is 3.13. The molecule has 7 heteroatoms. The molecule has 0 saturated carbocycles. The summed E-state index contributed by atoms with van der Waals surface area (Å²) in [6.07, 6.45) is 0. The number of thiazole rings is 1. The van der Waals surface area contributed by atoms with E-state index in [2.05, 4.69) is 76.6 Å². The summed E-state index contributed by atoms with van der Waals surface area (Å²) in [5, 5.41) is 6.80. The van der Waals surface area contributed by atoms with Crippen molar-refractivity contribution >= 4 is 47.0 Å². The average molecular weight is 499 g/mol. The highest BCUT2D eigenvalue weighted by Gasteiger charge is 2.21. The van der Waals surface area contributed by atoms with Crippen molar-refractivity contribution in [3.8, 4) is 0 Å². The van der Waals surface area contributed by atoms with Gasteiger partial charge in [-0.3, -0.25) is 4.99 Å². The van der Waals surface area contributed by atoms with Crippen molar-refractivity contribution in [1.29, 1.82) is 0 Å². The van der Waals surface area contributed by atoms with Gasteiger partial charge in [-0.05, 0) is 12.1 Å². The van der Waals surface area contributed by atoms with Crippen molar-refractivity contribution in [3.63, 3.8) is 0 Å². The molecule has 2 aromatic rings. The molecule has 1 saturated heterocycles. The van der Waals surface area contributed by atoms with Crippen LogP contribution >= 0.6 is 35.3 Å². The van der Waals surface area contributed by atoms with Crippen LogP contribution in [-0.4, -0.2) is 49.1 Å². The van der Waals surface area contributed by atoms with E-state index in [1.807, 2.05) is 7.05 Å². The molecule has 3 rings (SSSR count). The number of para-hydroxylation sites is 1. The Bertz CT molecular complexity index is 730. The molecule has 0 spiro atoms. The molecule has 1 aliphatic heterocycles. The molecule has 148 valence electrons. The minimum absolute atomic E-state index is 0. The molecule has 5 nitrogen and oxygen atoms in total. The number of piperazine rings is 1. The summed E-state index contributed by atoms with van der Waals surface area (Å²) in [6, 6.07) is 10.6. The van der Waals surface area contributed by atoms with Gasteiger partial charge in [-0.1, -0.05) is 39.0 Å². The van der Waals surface area contributed by atoms with E-state index in [0.29, 0.717) is 0 Å². The van der Waals surface area contributed by atoms with Gasteiger partial charge in [0.15, 0.2) is 5.96 Å². The van der Waals surface area contributed by atoms with Gasteiger partial charge in [0, 0.05) is 49.7 Å². The summed E-state index contributed by atoms with van der Waals surface area (Å²) in [6.45, 7) is 11.3. The SMILES string of the molecule is CN=C(NCc1csc(C(C)(C)C)n1)N1CCN(c2ccccc2)CC1.I. The van der Waals surface area contributed by atoms with E-state index >= 15 is 0 Å². The van der Waals surface area contributed by atoms with E-state index < -0.39 is 0 Å². The van der Waals surface area contributed by atoms with Crippen LogP contribution in [0.5, 0.6) is 0 Å². The first-order valence-electron chi connectivity index (χ1n) is 9.18. The van der Waals surface area contributed by atoms with E-state index in [1.54, 1.807) is 11.3 Å². The monoisotopic (exact) mass is 499 g/mol. The topological polar surface area (TPSA) is 43.8 Å². The number of guanidine groups is 1. The first-order valence-corrected chi connectivity index (χ1v) is 10.1. The maximum atomic E-state index is 4.76. The van der Waals surface area contributed by atoms with Gasteiger partial charge < -0.3 is 15.1 Å². The van der Waals surface area contributed by atoms with Crippen LogP contribution in [0.25, 0.3) is 0 Å². The van der Waals surface area contributed by atoms with Crippen LogP contribution in [0.15, 0.2) is 40.7 Å². The van der Waals surface area contributed by atoms with Crippen LogP contribution in [0.2, 0.25) is 0 Å². The van der Waals surface area contributed by atoms with Crippen molar-refractivity contribution < 1.29 is 0 Å². The third kappa shape index (κ3) is 5.81. The lowest BCUT2D eigenvalue weighted by atomic mass is 9.98. The highest BCUT2D eigenvalue weighted by molar-refractivity contribution is 14.0. The molecule has 1 aliphatic rings. The summed E-state index contributed by atoms with van der Waals surface area (Å²) in [5.41, 5.74) is 2.49. The molecule has 1 aromatic heterocycles. The largest absolute Gasteiger partial charge is 0.368 e. The zero-order chi connectivity index (χ0) is 18.6. The van der Waals surface area contributed by atoms with Crippen molar-refractivity contribution in [2.75, 3.05) is 38.1 Å². The maximum Gasteiger partial charge on any atom is 0.194 e. The van der Waals surface area contributed by atoms with E-state index in [4.69, 9.17) is 4.98 Å². The normalized spacial score (nSPS) is 15.5. The van der Waals surface area contributed by atoms with Crippen molar-refractivity contribution in [3.05, 3.63) is 46.4 Å². The molecule has 1 N–H and O–H groups in total. The predicted octanol–water partition coefficient (Wildman–Crippen LogP) is 3.96. The minimum atomic E-state index is 0. The van der Waals surface area contributed by atoms with Gasteiger partial charge >= 0.3 is 0 Å².